The number of carbonyl (C=O) groups is 1. The molecule has 0 bridgehead atoms. The normalized spacial score (nSPS) is 16.2. The largest absolute Gasteiger partial charge is 0.416 e. The smallest absolute Gasteiger partial charge is 0.309 e. The minimum absolute atomic E-state index is 0.0685. The van der Waals surface area contributed by atoms with E-state index in [4.69, 9.17) is 9.40 Å². The van der Waals surface area contributed by atoms with Gasteiger partial charge in [-0.1, -0.05) is 32.9 Å². The Morgan fingerprint density at radius 2 is 1.98 bits per heavy atom. The van der Waals surface area contributed by atoms with Crippen LogP contribution in [0.25, 0.3) is 11.3 Å². The molecule has 1 aliphatic heterocycles. The Kier molecular flexibility index (Phi) is 7.62. The molecule has 0 aliphatic carbocycles. The van der Waals surface area contributed by atoms with E-state index >= 15 is 0 Å². The maximum Gasteiger partial charge on any atom is 0.309 e. The number of hydrogen-bond donors (Lipinski definition) is 3. The van der Waals surface area contributed by atoms with Gasteiger partial charge in [-0.15, -0.1) is 10.2 Å². The zero-order valence-electron chi connectivity index (χ0n) is 24.3. The fraction of sp³-hybridized carbons (Fsp3) is 0.448. The summed E-state index contributed by atoms with van der Waals surface area (Å²) in [6, 6.07) is 7.67. The number of aryl methyl sites for hydroxylation is 1. The molecule has 0 spiro atoms. The lowest BCUT2D eigenvalue weighted by Crippen LogP contribution is -2.43. The zero-order valence-corrected chi connectivity index (χ0v) is 24.3. The van der Waals surface area contributed by atoms with Gasteiger partial charge >= 0.3 is 11.8 Å². The van der Waals surface area contributed by atoms with Crippen molar-refractivity contribution in [1.82, 2.24) is 40.2 Å². The van der Waals surface area contributed by atoms with Gasteiger partial charge in [0.2, 0.25) is 11.8 Å². The molecule has 0 fully saturated rings. The number of fused-ring (bicyclic) bond motifs is 1. The topological polar surface area (TPSA) is 147 Å². The quantitative estimate of drug-likeness (QED) is 0.308. The molecule has 0 saturated heterocycles. The van der Waals surface area contributed by atoms with E-state index in [1.54, 1.807) is 30.9 Å². The fourth-order valence-corrected chi connectivity index (χ4v) is 4.89. The van der Waals surface area contributed by atoms with E-state index in [1.165, 1.54) is 0 Å². The predicted octanol–water partition coefficient (Wildman–Crippen LogP) is 3.40. The van der Waals surface area contributed by atoms with Gasteiger partial charge in [0.05, 0.1) is 29.2 Å². The highest BCUT2D eigenvalue weighted by atomic mass is 16.4. The standard InChI is InChI=1S/C29H37N9O3/c1-28(2,3)26-36-35-25(41-26)24(39)33-23-16-38(17-29(4,5)40)12-10-18-13-19(7-8-21(18)23)22-9-11-30-27(34-22)32-20-14-31-37(6)15-20/h7-9,11,13-15,23,40H,10,12,16-17H2,1-6H3,(H,33,39)(H,30,32,34). The maximum absolute atomic E-state index is 13.2. The van der Waals surface area contributed by atoms with Crippen LogP contribution in [0.5, 0.6) is 0 Å². The summed E-state index contributed by atoms with van der Waals surface area (Å²) in [7, 11) is 1.85. The van der Waals surface area contributed by atoms with Crippen molar-refractivity contribution in [1.29, 1.82) is 0 Å². The first-order valence-electron chi connectivity index (χ1n) is 13.7. The monoisotopic (exact) mass is 559 g/mol. The number of β-amino-alcohol motifs (C(OH)–C–C–N with tert-alkyl or cyclic N) is 1. The van der Waals surface area contributed by atoms with Crippen LogP contribution < -0.4 is 10.6 Å². The van der Waals surface area contributed by atoms with Crippen molar-refractivity contribution < 1.29 is 14.3 Å². The van der Waals surface area contributed by atoms with Crippen LogP contribution in [0.4, 0.5) is 11.6 Å². The fourth-order valence-electron chi connectivity index (χ4n) is 4.89. The summed E-state index contributed by atoms with van der Waals surface area (Å²) in [4.78, 5) is 24.5. The van der Waals surface area contributed by atoms with Gasteiger partial charge in [0.1, 0.15) is 0 Å². The molecule has 41 heavy (non-hydrogen) atoms. The van der Waals surface area contributed by atoms with Gasteiger partial charge < -0.3 is 20.2 Å². The SMILES string of the molecule is Cn1cc(Nc2nccc(-c3ccc4c(c3)CCN(CC(C)(C)O)CC4NC(=O)c3nnc(C(C)(C)C)o3)n2)cn1. The van der Waals surface area contributed by atoms with Crippen molar-refractivity contribution in [2.75, 3.05) is 25.0 Å². The number of hydrogen-bond acceptors (Lipinski definition) is 10. The third-order valence-corrected chi connectivity index (χ3v) is 6.75. The van der Waals surface area contributed by atoms with Gasteiger partial charge in [-0.05, 0) is 43.5 Å². The highest BCUT2D eigenvalue weighted by molar-refractivity contribution is 5.89. The number of nitrogens with zero attached hydrogens (tertiary/aromatic N) is 7. The van der Waals surface area contributed by atoms with Gasteiger partial charge in [-0.25, -0.2) is 9.97 Å². The number of rotatable bonds is 7. The number of carbonyl (C=O) groups excluding carboxylic acids is 1. The van der Waals surface area contributed by atoms with Crippen molar-refractivity contribution in [3.8, 4) is 11.3 Å². The summed E-state index contributed by atoms with van der Waals surface area (Å²) < 4.78 is 7.40. The zero-order chi connectivity index (χ0) is 29.4. The number of aliphatic hydroxyl groups is 1. The number of nitrogens with one attached hydrogen (secondary N) is 2. The molecule has 3 aromatic heterocycles. The molecule has 4 aromatic rings. The number of anilines is 2. The summed E-state index contributed by atoms with van der Waals surface area (Å²) in [5.41, 5.74) is 3.34. The molecule has 5 rings (SSSR count). The Labute approximate surface area is 239 Å². The molecular formula is C29H37N9O3. The lowest BCUT2D eigenvalue weighted by atomic mass is 9.96. The minimum Gasteiger partial charge on any atom is -0.416 e. The molecule has 0 radical (unpaired) electrons. The van der Waals surface area contributed by atoms with E-state index in [9.17, 15) is 9.90 Å². The van der Waals surface area contributed by atoms with Crippen molar-refractivity contribution >= 4 is 17.5 Å². The molecule has 0 saturated carbocycles. The molecule has 4 heterocycles. The van der Waals surface area contributed by atoms with E-state index in [-0.39, 0.29) is 17.3 Å². The highest BCUT2D eigenvalue weighted by Gasteiger charge is 2.30. The van der Waals surface area contributed by atoms with E-state index in [2.05, 4.69) is 41.9 Å². The molecule has 1 amide bonds. The molecule has 1 atom stereocenters. The van der Waals surface area contributed by atoms with Crippen LogP contribution >= 0.6 is 0 Å². The maximum atomic E-state index is 13.2. The van der Waals surface area contributed by atoms with Crippen molar-refractivity contribution in [3.05, 3.63) is 65.8 Å². The van der Waals surface area contributed by atoms with Gasteiger partial charge in [0.25, 0.3) is 0 Å². The summed E-state index contributed by atoms with van der Waals surface area (Å²) in [5, 5.41) is 29.1. The molecule has 1 aliphatic rings. The molecule has 3 N–H and O–H groups in total. The van der Waals surface area contributed by atoms with Gasteiger partial charge in [0.15, 0.2) is 0 Å². The van der Waals surface area contributed by atoms with Crippen LogP contribution in [0, 0.1) is 0 Å². The van der Waals surface area contributed by atoms with E-state index < -0.39 is 11.5 Å². The Morgan fingerprint density at radius 3 is 2.66 bits per heavy atom. The van der Waals surface area contributed by atoms with Crippen LogP contribution in [-0.2, 0) is 18.9 Å². The molecular weight excluding hydrogens is 522 g/mol. The summed E-state index contributed by atoms with van der Waals surface area (Å²) in [6.45, 7) is 11.1. The van der Waals surface area contributed by atoms with Crippen molar-refractivity contribution in [2.45, 2.75) is 58.1 Å². The van der Waals surface area contributed by atoms with Crippen LogP contribution in [0.15, 0.2) is 47.3 Å². The van der Waals surface area contributed by atoms with E-state index in [0.717, 1.165) is 41.0 Å². The minimum atomic E-state index is -0.886. The third kappa shape index (κ3) is 6.95. The van der Waals surface area contributed by atoms with Crippen molar-refractivity contribution in [3.63, 3.8) is 0 Å². The molecule has 12 nitrogen and oxygen atoms in total. The second-order valence-corrected chi connectivity index (χ2v) is 12.2. The number of aromatic nitrogens is 6. The lowest BCUT2D eigenvalue weighted by Gasteiger charge is -2.30. The van der Waals surface area contributed by atoms with Crippen molar-refractivity contribution in [2.24, 2.45) is 7.05 Å². The summed E-state index contributed by atoms with van der Waals surface area (Å²) in [6.07, 6.45) is 6.03. The summed E-state index contributed by atoms with van der Waals surface area (Å²) in [5.74, 6) is 0.377. The number of benzene rings is 1. The molecule has 216 valence electrons. The lowest BCUT2D eigenvalue weighted by molar-refractivity contribution is 0.0343. The molecule has 1 aromatic carbocycles. The highest BCUT2D eigenvalue weighted by Crippen LogP contribution is 2.30. The first-order chi connectivity index (χ1) is 19.3. The van der Waals surface area contributed by atoms with Gasteiger partial charge in [-0.2, -0.15) is 5.10 Å². The van der Waals surface area contributed by atoms with Crippen LogP contribution in [0.1, 0.15) is 68.4 Å². The van der Waals surface area contributed by atoms with Gasteiger partial charge in [0, 0.05) is 50.1 Å². The second-order valence-electron chi connectivity index (χ2n) is 12.2. The average molecular weight is 560 g/mol. The van der Waals surface area contributed by atoms with E-state index in [0.29, 0.717) is 24.9 Å². The van der Waals surface area contributed by atoms with Crippen LogP contribution in [0.2, 0.25) is 0 Å². The Balaban J connectivity index is 1.42. The van der Waals surface area contributed by atoms with Crippen LogP contribution in [-0.4, -0.2) is 71.1 Å². The first kappa shape index (κ1) is 28.4. The third-order valence-electron chi connectivity index (χ3n) is 6.75. The average Bonchev–Trinajstić information content (AvgIpc) is 3.52. The first-order valence-corrected chi connectivity index (χ1v) is 13.7. The predicted molar refractivity (Wildman–Crippen MR) is 154 cm³/mol. The van der Waals surface area contributed by atoms with Gasteiger partial charge in [-0.3, -0.25) is 14.4 Å². The molecule has 12 heteroatoms. The Hall–Kier alpha value is -4.16. The van der Waals surface area contributed by atoms with Crippen LogP contribution in [0.3, 0.4) is 0 Å². The second kappa shape index (κ2) is 11.0. The Bertz CT molecular complexity index is 1530. The number of amides is 1. The Morgan fingerprint density at radius 1 is 1.17 bits per heavy atom. The molecule has 1 unspecified atom stereocenters. The summed E-state index contributed by atoms with van der Waals surface area (Å²) >= 11 is 0. The van der Waals surface area contributed by atoms with E-state index in [1.807, 2.05) is 52.2 Å².